The molecule has 0 aliphatic heterocycles. The van der Waals surface area contributed by atoms with E-state index in [1.165, 1.54) is 13.3 Å². The third-order valence-electron chi connectivity index (χ3n) is 2.15. The predicted octanol–water partition coefficient (Wildman–Crippen LogP) is 1.94. The van der Waals surface area contributed by atoms with Gasteiger partial charge in [-0.25, -0.2) is 0 Å². The van der Waals surface area contributed by atoms with Crippen LogP contribution in [0.1, 0.15) is 15.2 Å². The maximum atomic E-state index is 8.09. The highest BCUT2D eigenvalue weighted by Crippen LogP contribution is 2.23. The lowest BCUT2D eigenvalue weighted by molar-refractivity contribution is 0.415. The van der Waals surface area contributed by atoms with Gasteiger partial charge in [-0.2, -0.15) is 0 Å². The van der Waals surface area contributed by atoms with Gasteiger partial charge in [0.05, 0.1) is 7.11 Å². The number of fused-ring (bicyclic) bond motifs is 1. The summed E-state index contributed by atoms with van der Waals surface area (Å²) < 4.78 is 58.2. The van der Waals surface area contributed by atoms with E-state index in [2.05, 4.69) is 4.98 Å². The van der Waals surface area contributed by atoms with E-state index in [0.29, 0.717) is 16.7 Å². The van der Waals surface area contributed by atoms with Crippen molar-refractivity contribution in [3.63, 3.8) is 0 Å². The van der Waals surface area contributed by atoms with Gasteiger partial charge in [-0.15, -0.1) is 0 Å². The van der Waals surface area contributed by atoms with Gasteiger partial charge in [-0.1, -0.05) is 0 Å². The predicted molar refractivity (Wildman–Crippen MR) is 62.5 cm³/mol. The summed E-state index contributed by atoms with van der Waals surface area (Å²) in [5.74, 6) is 0.494. The third kappa shape index (κ3) is 1.97. The van der Waals surface area contributed by atoms with Crippen molar-refractivity contribution >= 4 is 10.9 Å². The number of hydrogen-bond donors (Lipinski definition) is 2. The fourth-order valence-corrected chi connectivity index (χ4v) is 1.43. The van der Waals surface area contributed by atoms with Crippen LogP contribution < -0.4 is 10.1 Å². The Morgan fingerprint density at radius 1 is 1.60 bits per heavy atom. The molecule has 2 rings (SSSR count). The van der Waals surface area contributed by atoms with Crippen molar-refractivity contribution in [2.24, 2.45) is 0 Å². The minimum Gasteiger partial charge on any atom is -0.497 e. The van der Waals surface area contributed by atoms with E-state index in [9.17, 15) is 0 Å². The summed E-state index contributed by atoms with van der Waals surface area (Å²) >= 11 is 0. The van der Waals surface area contributed by atoms with Crippen LogP contribution in [0.25, 0.3) is 10.9 Å². The zero-order valence-corrected chi connectivity index (χ0v) is 8.22. The molecule has 3 nitrogen and oxygen atoms in total. The number of aryl methyl sites for hydroxylation is 1. The summed E-state index contributed by atoms with van der Waals surface area (Å²) in [5.41, 5.74) is 0.618. The summed E-state index contributed by atoms with van der Waals surface area (Å²) in [7, 11) is 1.47. The van der Waals surface area contributed by atoms with Crippen molar-refractivity contribution in [3.8, 4) is 5.75 Å². The second-order valence-corrected chi connectivity index (χ2v) is 2.99. The summed E-state index contributed by atoms with van der Waals surface area (Å²) in [6, 6.07) is 4.94. The van der Waals surface area contributed by atoms with Crippen LogP contribution in [-0.4, -0.2) is 25.6 Å². The molecule has 0 amide bonds. The third-order valence-corrected chi connectivity index (χ3v) is 2.15. The van der Waals surface area contributed by atoms with Crippen molar-refractivity contribution in [3.05, 3.63) is 30.0 Å². The molecule has 0 saturated heterocycles. The first-order chi connectivity index (χ1) is 9.98. The molecule has 2 N–H and O–H groups in total. The Morgan fingerprint density at radius 2 is 2.53 bits per heavy atom. The molecule has 0 aliphatic rings. The maximum absolute atomic E-state index is 8.09. The van der Waals surface area contributed by atoms with E-state index >= 15 is 0 Å². The molecule has 1 aromatic carbocycles. The minimum absolute atomic E-state index is 0.0168. The monoisotopic (exact) mass is 211 g/mol. The Bertz CT molecular complexity index is 678. The highest BCUT2D eigenvalue weighted by molar-refractivity contribution is 5.84. The average Bonchev–Trinajstić information content (AvgIpc) is 2.78. The van der Waals surface area contributed by atoms with Crippen LogP contribution in [0.2, 0.25) is 0 Å². The second-order valence-electron chi connectivity index (χ2n) is 2.99. The fourth-order valence-electron chi connectivity index (χ4n) is 1.43. The lowest BCUT2D eigenvalue weighted by Gasteiger charge is -2.01. The van der Waals surface area contributed by atoms with Gasteiger partial charge in [0.25, 0.3) is 0 Å². The normalized spacial score (nSPS) is 20.5. The SMILES string of the molecule is [2H]C([2H])([2H])NC([2H])([2H])C([2H])([2H])c1c[nH]c2ccc(OC)cc12. The average molecular weight is 211 g/mol. The van der Waals surface area contributed by atoms with Crippen LogP contribution in [-0.2, 0) is 6.37 Å². The highest BCUT2D eigenvalue weighted by Gasteiger charge is 2.04. The Labute approximate surface area is 99.3 Å². The number of H-pyrrole nitrogens is 1. The molecule has 15 heavy (non-hydrogen) atoms. The zero-order chi connectivity index (χ0) is 16.8. The van der Waals surface area contributed by atoms with Crippen molar-refractivity contribution in [1.82, 2.24) is 10.3 Å². The first kappa shape index (κ1) is 4.58. The number of ether oxygens (including phenoxy) is 1. The first-order valence-electron chi connectivity index (χ1n) is 7.93. The number of hydrogen-bond acceptors (Lipinski definition) is 2. The van der Waals surface area contributed by atoms with E-state index in [1.54, 1.807) is 23.5 Å². The summed E-state index contributed by atoms with van der Waals surface area (Å²) in [4.78, 5) is 2.85. The molecule has 1 heterocycles. The molecule has 80 valence electrons. The van der Waals surface area contributed by atoms with Crippen molar-refractivity contribution in [2.45, 2.75) is 6.37 Å². The quantitative estimate of drug-likeness (QED) is 0.811. The lowest BCUT2D eigenvalue weighted by Crippen LogP contribution is -2.09. The number of likely N-dealkylation sites (N-methyl/N-ethyl adjacent to an activating group) is 1. The van der Waals surface area contributed by atoms with Gasteiger partial charge in [0.2, 0.25) is 0 Å². The van der Waals surface area contributed by atoms with Crippen LogP contribution >= 0.6 is 0 Å². The van der Waals surface area contributed by atoms with Gasteiger partial charge in [0.15, 0.2) is 0 Å². The smallest absolute Gasteiger partial charge is 0.119 e. The molecule has 0 atom stereocenters. The van der Waals surface area contributed by atoms with Gasteiger partial charge in [0.1, 0.15) is 5.75 Å². The van der Waals surface area contributed by atoms with Gasteiger partial charge < -0.3 is 15.0 Å². The van der Waals surface area contributed by atoms with Crippen molar-refractivity contribution < 1.29 is 14.3 Å². The molecular formula is C12H16N2O. The largest absolute Gasteiger partial charge is 0.497 e. The van der Waals surface area contributed by atoms with Gasteiger partial charge in [-0.3, -0.25) is 0 Å². The molecule has 2 aromatic rings. The van der Waals surface area contributed by atoms with Crippen molar-refractivity contribution in [1.29, 1.82) is 0 Å². The zero-order valence-electron chi connectivity index (χ0n) is 15.2. The number of nitrogens with one attached hydrogen (secondary N) is 2. The Kier molecular flexibility index (Phi) is 1.33. The van der Waals surface area contributed by atoms with Gasteiger partial charge in [0, 0.05) is 26.7 Å². The number of rotatable bonds is 4. The topological polar surface area (TPSA) is 37.0 Å². The molecule has 1 aromatic heterocycles. The molecule has 0 aliphatic carbocycles. The standard InChI is InChI=1S/C12H16N2O/c1-13-6-5-9-8-14-12-4-3-10(15-2)7-11(9)12/h3-4,7-8,13-14H,5-6H2,1-2H3/i1D3,5D2,6D2. The molecular weight excluding hydrogens is 188 g/mol. The second kappa shape index (κ2) is 4.36. The van der Waals surface area contributed by atoms with Crippen LogP contribution in [0.4, 0.5) is 0 Å². The van der Waals surface area contributed by atoms with E-state index in [0.717, 1.165) is 0 Å². The Balaban J connectivity index is 2.53. The first-order valence-corrected chi connectivity index (χ1v) is 4.43. The maximum Gasteiger partial charge on any atom is 0.119 e. The molecule has 0 bridgehead atoms. The number of benzene rings is 1. The van der Waals surface area contributed by atoms with E-state index in [-0.39, 0.29) is 5.56 Å². The van der Waals surface area contributed by atoms with Gasteiger partial charge in [-0.05, 0) is 43.6 Å². The van der Waals surface area contributed by atoms with Crippen LogP contribution in [0.15, 0.2) is 24.4 Å². The molecule has 0 unspecified atom stereocenters. The van der Waals surface area contributed by atoms with Crippen LogP contribution in [0.3, 0.4) is 0 Å². The van der Waals surface area contributed by atoms with E-state index < -0.39 is 19.8 Å². The molecule has 0 radical (unpaired) electrons. The molecule has 0 fully saturated rings. The lowest BCUT2D eigenvalue weighted by atomic mass is 10.1. The fraction of sp³-hybridized carbons (Fsp3) is 0.333. The summed E-state index contributed by atoms with van der Waals surface area (Å²) in [6.07, 6.45) is -1.24. The van der Waals surface area contributed by atoms with Gasteiger partial charge >= 0.3 is 0 Å². The van der Waals surface area contributed by atoms with E-state index in [4.69, 9.17) is 14.3 Å². The highest BCUT2D eigenvalue weighted by atomic mass is 16.5. The van der Waals surface area contributed by atoms with Crippen LogP contribution in [0, 0.1) is 0 Å². The summed E-state index contributed by atoms with van der Waals surface area (Å²) in [5, 5.41) is 2.16. The van der Waals surface area contributed by atoms with Crippen LogP contribution in [0.5, 0.6) is 5.75 Å². The molecule has 3 heteroatoms. The Morgan fingerprint density at radius 3 is 3.33 bits per heavy atom. The van der Waals surface area contributed by atoms with E-state index in [1.807, 2.05) is 0 Å². The van der Waals surface area contributed by atoms with Crippen molar-refractivity contribution in [2.75, 3.05) is 20.6 Å². The summed E-state index contributed by atoms with van der Waals surface area (Å²) in [6.45, 7) is -5.60. The molecule has 0 spiro atoms. The number of aromatic amines is 1. The minimum atomic E-state index is -2.80. The number of methoxy groups -OCH3 is 1. The number of aromatic nitrogens is 1. The molecule has 0 saturated carbocycles. The Hall–Kier alpha value is -1.48.